The van der Waals surface area contributed by atoms with Crippen LogP contribution in [0.3, 0.4) is 0 Å². The monoisotopic (exact) mass is 367 g/mol. The van der Waals surface area contributed by atoms with Crippen LogP contribution in [-0.2, 0) is 0 Å². The van der Waals surface area contributed by atoms with Crippen molar-refractivity contribution in [2.24, 2.45) is 0 Å². The van der Waals surface area contributed by atoms with E-state index in [4.69, 9.17) is 14.2 Å². The van der Waals surface area contributed by atoms with Crippen LogP contribution in [0.2, 0.25) is 0 Å². The Bertz CT molecular complexity index is 899. The summed E-state index contributed by atoms with van der Waals surface area (Å²) in [4.78, 5) is 26.2. The SMILES string of the molecule is CCN(CC)C(=O)Oc1ccc2c(c1)OC(=Cc1ccccc1OC)C2=O. The van der Waals surface area contributed by atoms with E-state index in [0.717, 1.165) is 5.56 Å². The highest BCUT2D eigenvalue weighted by Gasteiger charge is 2.28. The van der Waals surface area contributed by atoms with Crippen LogP contribution in [0.4, 0.5) is 4.79 Å². The van der Waals surface area contributed by atoms with E-state index in [-0.39, 0.29) is 11.5 Å². The lowest BCUT2D eigenvalue weighted by atomic mass is 10.1. The molecule has 3 rings (SSSR count). The van der Waals surface area contributed by atoms with Crippen LogP contribution < -0.4 is 14.2 Å². The van der Waals surface area contributed by atoms with Crippen LogP contribution in [0, 0.1) is 0 Å². The molecule has 0 N–H and O–H groups in total. The third-order valence-electron chi connectivity index (χ3n) is 4.29. The Hall–Kier alpha value is -3.28. The standard InChI is InChI=1S/C21H21NO5/c1-4-22(5-2)21(24)26-15-10-11-16-18(13-15)27-19(20(16)23)12-14-8-6-7-9-17(14)25-3/h6-13H,4-5H2,1-3H3. The summed E-state index contributed by atoms with van der Waals surface area (Å²) >= 11 is 0. The number of amides is 1. The molecule has 1 amide bonds. The first kappa shape index (κ1) is 18.5. The number of ketones is 1. The molecule has 0 unspecified atom stereocenters. The number of rotatable bonds is 5. The van der Waals surface area contributed by atoms with Crippen LogP contribution in [0.15, 0.2) is 48.2 Å². The summed E-state index contributed by atoms with van der Waals surface area (Å²) in [5.74, 6) is 1.31. The van der Waals surface area contributed by atoms with Gasteiger partial charge in [-0.1, -0.05) is 18.2 Å². The molecule has 0 atom stereocenters. The van der Waals surface area contributed by atoms with E-state index in [2.05, 4.69) is 0 Å². The van der Waals surface area contributed by atoms with Crippen molar-refractivity contribution in [3.63, 3.8) is 0 Å². The van der Waals surface area contributed by atoms with Gasteiger partial charge in [-0.25, -0.2) is 4.79 Å². The second kappa shape index (κ2) is 7.95. The number of carbonyl (C=O) groups excluding carboxylic acids is 2. The van der Waals surface area contributed by atoms with Crippen LogP contribution in [-0.4, -0.2) is 37.0 Å². The van der Waals surface area contributed by atoms with Crippen molar-refractivity contribution in [2.75, 3.05) is 20.2 Å². The van der Waals surface area contributed by atoms with Gasteiger partial charge in [-0.15, -0.1) is 0 Å². The van der Waals surface area contributed by atoms with Crippen LogP contribution in [0.5, 0.6) is 17.2 Å². The normalized spacial score (nSPS) is 13.9. The summed E-state index contributed by atoms with van der Waals surface area (Å²) < 4.78 is 16.4. The van der Waals surface area contributed by atoms with E-state index in [9.17, 15) is 9.59 Å². The van der Waals surface area contributed by atoms with E-state index in [1.807, 2.05) is 38.1 Å². The Morgan fingerprint density at radius 1 is 1.15 bits per heavy atom. The summed E-state index contributed by atoms with van der Waals surface area (Å²) in [5.41, 5.74) is 1.17. The topological polar surface area (TPSA) is 65.1 Å². The largest absolute Gasteiger partial charge is 0.496 e. The predicted molar refractivity (Wildman–Crippen MR) is 101 cm³/mol. The van der Waals surface area contributed by atoms with E-state index < -0.39 is 6.09 Å². The quantitative estimate of drug-likeness (QED) is 0.743. The van der Waals surface area contributed by atoms with Crippen molar-refractivity contribution in [3.8, 4) is 17.2 Å². The summed E-state index contributed by atoms with van der Waals surface area (Å²) in [6.45, 7) is 4.87. The van der Waals surface area contributed by atoms with Gasteiger partial charge in [-0.3, -0.25) is 4.79 Å². The van der Waals surface area contributed by atoms with Crippen LogP contribution in [0.25, 0.3) is 6.08 Å². The fourth-order valence-corrected chi connectivity index (χ4v) is 2.80. The van der Waals surface area contributed by atoms with E-state index in [1.54, 1.807) is 36.3 Å². The molecule has 1 heterocycles. The molecule has 0 aliphatic carbocycles. The van der Waals surface area contributed by atoms with Gasteiger partial charge in [0.05, 0.1) is 12.7 Å². The maximum atomic E-state index is 12.6. The highest BCUT2D eigenvalue weighted by atomic mass is 16.6. The second-order valence-corrected chi connectivity index (χ2v) is 5.88. The third kappa shape index (κ3) is 3.79. The number of Topliss-reactive ketones (excluding diaryl/α,β-unsaturated/α-hetero) is 1. The van der Waals surface area contributed by atoms with Crippen molar-refractivity contribution in [1.29, 1.82) is 0 Å². The molecule has 2 aromatic rings. The van der Waals surface area contributed by atoms with Gasteiger partial charge in [0, 0.05) is 24.7 Å². The smallest absolute Gasteiger partial charge is 0.415 e. The number of hydrogen-bond donors (Lipinski definition) is 0. The molecule has 140 valence electrons. The Kier molecular flexibility index (Phi) is 5.45. The minimum absolute atomic E-state index is 0.196. The summed E-state index contributed by atoms with van der Waals surface area (Å²) in [5, 5.41) is 0. The van der Waals surface area contributed by atoms with Gasteiger partial charge in [0.2, 0.25) is 5.78 Å². The maximum absolute atomic E-state index is 12.6. The lowest BCUT2D eigenvalue weighted by Gasteiger charge is -2.17. The lowest BCUT2D eigenvalue weighted by molar-refractivity contribution is 0.101. The molecule has 6 heteroatoms. The molecule has 0 radical (unpaired) electrons. The average molecular weight is 367 g/mol. The lowest BCUT2D eigenvalue weighted by Crippen LogP contribution is -2.33. The Morgan fingerprint density at radius 2 is 1.89 bits per heavy atom. The first-order chi connectivity index (χ1) is 13.1. The van der Waals surface area contributed by atoms with Crippen molar-refractivity contribution in [3.05, 3.63) is 59.4 Å². The van der Waals surface area contributed by atoms with Crippen molar-refractivity contribution < 1.29 is 23.8 Å². The second-order valence-electron chi connectivity index (χ2n) is 5.88. The fraction of sp³-hybridized carbons (Fsp3) is 0.238. The molecule has 0 saturated carbocycles. The van der Waals surface area contributed by atoms with E-state index >= 15 is 0 Å². The number of methoxy groups -OCH3 is 1. The summed E-state index contributed by atoms with van der Waals surface area (Å²) in [7, 11) is 1.57. The minimum atomic E-state index is -0.436. The number of allylic oxidation sites excluding steroid dienone is 1. The number of nitrogens with zero attached hydrogens (tertiary/aromatic N) is 1. The Balaban J connectivity index is 1.83. The van der Waals surface area contributed by atoms with Gasteiger partial charge in [-0.05, 0) is 38.1 Å². The van der Waals surface area contributed by atoms with E-state index in [1.165, 1.54) is 0 Å². The molecule has 0 bridgehead atoms. The number of carbonyl (C=O) groups is 2. The molecular weight excluding hydrogens is 346 g/mol. The maximum Gasteiger partial charge on any atom is 0.415 e. The van der Waals surface area contributed by atoms with Gasteiger partial charge in [0.25, 0.3) is 0 Å². The fourth-order valence-electron chi connectivity index (χ4n) is 2.80. The number of hydrogen-bond acceptors (Lipinski definition) is 5. The molecule has 27 heavy (non-hydrogen) atoms. The zero-order valence-corrected chi connectivity index (χ0v) is 15.5. The first-order valence-electron chi connectivity index (χ1n) is 8.75. The Labute approximate surface area is 158 Å². The highest BCUT2D eigenvalue weighted by molar-refractivity contribution is 6.14. The molecule has 6 nitrogen and oxygen atoms in total. The van der Waals surface area contributed by atoms with Gasteiger partial charge < -0.3 is 19.1 Å². The van der Waals surface area contributed by atoms with Gasteiger partial charge in [0.1, 0.15) is 17.2 Å². The van der Waals surface area contributed by atoms with Gasteiger partial charge in [0.15, 0.2) is 5.76 Å². The molecule has 0 saturated heterocycles. The zero-order valence-electron chi connectivity index (χ0n) is 15.5. The van der Waals surface area contributed by atoms with Crippen LogP contribution >= 0.6 is 0 Å². The molecule has 2 aromatic carbocycles. The Morgan fingerprint density at radius 3 is 2.59 bits per heavy atom. The average Bonchev–Trinajstić information content (AvgIpc) is 2.98. The van der Waals surface area contributed by atoms with Crippen LogP contribution in [0.1, 0.15) is 29.8 Å². The number of benzene rings is 2. The third-order valence-corrected chi connectivity index (χ3v) is 4.29. The molecule has 1 aliphatic heterocycles. The van der Waals surface area contributed by atoms with Crippen molar-refractivity contribution >= 4 is 18.0 Å². The first-order valence-corrected chi connectivity index (χ1v) is 8.75. The number of para-hydroxylation sites is 1. The van der Waals surface area contributed by atoms with Gasteiger partial charge in [-0.2, -0.15) is 0 Å². The molecular formula is C21H21NO5. The number of ether oxygens (including phenoxy) is 3. The highest BCUT2D eigenvalue weighted by Crippen LogP contribution is 2.35. The van der Waals surface area contributed by atoms with Gasteiger partial charge >= 0.3 is 6.09 Å². The van der Waals surface area contributed by atoms with Crippen molar-refractivity contribution in [1.82, 2.24) is 4.90 Å². The molecule has 1 aliphatic rings. The summed E-state index contributed by atoms with van der Waals surface area (Å²) in [6, 6.07) is 12.1. The predicted octanol–water partition coefficient (Wildman–Crippen LogP) is 4.15. The summed E-state index contributed by atoms with van der Waals surface area (Å²) in [6.07, 6.45) is 1.21. The van der Waals surface area contributed by atoms with Crippen molar-refractivity contribution in [2.45, 2.75) is 13.8 Å². The molecule has 0 spiro atoms. The molecule has 0 aromatic heterocycles. The number of fused-ring (bicyclic) bond motifs is 1. The zero-order chi connectivity index (χ0) is 19.4. The van der Waals surface area contributed by atoms with E-state index in [0.29, 0.717) is 35.9 Å². The molecule has 0 fully saturated rings. The minimum Gasteiger partial charge on any atom is -0.496 e.